The third-order valence-corrected chi connectivity index (χ3v) is 3.31. The van der Waals surface area contributed by atoms with Crippen molar-refractivity contribution < 1.29 is 23.1 Å². The van der Waals surface area contributed by atoms with Gasteiger partial charge in [-0.05, 0) is 20.8 Å². The Bertz CT molecular complexity index is 117. The van der Waals surface area contributed by atoms with E-state index in [0.717, 1.165) is 0 Å². The standard InChI is InChI=1S/C6H16O3Si.C3H5O2/c1-4-7-10(8-5-2)9-6-3;4-1-3-2-5-3/h10H,4-6H2,1-3H3;3H,1-2H2. The van der Waals surface area contributed by atoms with Crippen LogP contribution in [-0.2, 0) is 23.1 Å². The molecule has 1 atom stereocenters. The van der Waals surface area contributed by atoms with Gasteiger partial charge >= 0.3 is 9.53 Å². The number of hydrogen-bond donors (Lipinski definition) is 0. The van der Waals surface area contributed by atoms with Crippen LogP contribution in [0.3, 0.4) is 0 Å². The van der Waals surface area contributed by atoms with E-state index in [1.54, 1.807) is 0 Å². The molecule has 1 fully saturated rings. The van der Waals surface area contributed by atoms with Gasteiger partial charge in [0.1, 0.15) is 12.7 Å². The fraction of sp³-hybridized carbons (Fsp3) is 1.00. The molecule has 0 bridgehead atoms. The van der Waals surface area contributed by atoms with E-state index < -0.39 is 9.53 Å². The van der Waals surface area contributed by atoms with Crippen molar-refractivity contribution in [2.45, 2.75) is 26.9 Å². The minimum absolute atomic E-state index is 0.0556. The van der Waals surface area contributed by atoms with Crippen LogP contribution in [0.25, 0.3) is 0 Å². The normalized spacial score (nSPS) is 18.6. The molecule has 1 heterocycles. The molecule has 91 valence electrons. The molecule has 0 aromatic heterocycles. The third kappa shape index (κ3) is 10.3. The minimum atomic E-state index is -1.73. The summed E-state index contributed by atoms with van der Waals surface area (Å²) in [5.41, 5.74) is 0. The third-order valence-electron chi connectivity index (χ3n) is 1.50. The Morgan fingerprint density at radius 2 is 1.53 bits per heavy atom. The van der Waals surface area contributed by atoms with Crippen molar-refractivity contribution in [3.63, 3.8) is 0 Å². The highest BCUT2D eigenvalue weighted by Gasteiger charge is 2.20. The lowest BCUT2D eigenvalue weighted by Gasteiger charge is -2.12. The maximum atomic E-state index is 9.57. The highest BCUT2D eigenvalue weighted by Crippen LogP contribution is 2.05. The van der Waals surface area contributed by atoms with E-state index in [2.05, 4.69) is 4.74 Å². The molecule has 1 saturated heterocycles. The monoisotopic (exact) mass is 237 g/mol. The Morgan fingerprint density at radius 3 is 1.67 bits per heavy atom. The first-order chi connectivity index (χ1) is 7.28. The predicted octanol–water partition coefficient (Wildman–Crippen LogP) is 0.629. The molecule has 1 aliphatic heterocycles. The lowest BCUT2D eigenvalue weighted by molar-refractivity contribution is 0.107. The van der Waals surface area contributed by atoms with E-state index >= 15 is 0 Å². The maximum absolute atomic E-state index is 9.57. The number of rotatable bonds is 7. The van der Waals surface area contributed by atoms with Crippen LogP contribution in [-0.4, -0.2) is 48.7 Å². The van der Waals surface area contributed by atoms with E-state index in [1.165, 1.54) is 0 Å². The molecule has 0 aromatic carbocycles. The first-order valence-corrected chi connectivity index (χ1v) is 6.74. The highest BCUT2D eigenvalue weighted by atomic mass is 28.3. The van der Waals surface area contributed by atoms with E-state index in [1.807, 2.05) is 20.8 Å². The Morgan fingerprint density at radius 1 is 1.13 bits per heavy atom. The van der Waals surface area contributed by atoms with Gasteiger partial charge in [0.05, 0.1) is 6.61 Å². The van der Waals surface area contributed by atoms with Crippen LogP contribution < -0.4 is 0 Å². The molecule has 0 spiro atoms. The van der Waals surface area contributed by atoms with E-state index in [9.17, 15) is 5.11 Å². The summed E-state index contributed by atoms with van der Waals surface area (Å²) in [4.78, 5) is 0. The van der Waals surface area contributed by atoms with Crippen molar-refractivity contribution in [2.24, 2.45) is 0 Å². The SMILES string of the molecule is CCO[SiH](OCC)OCC.[O]CC1CO1. The van der Waals surface area contributed by atoms with Crippen LogP contribution in [0.2, 0.25) is 0 Å². The molecular weight excluding hydrogens is 216 g/mol. The predicted molar refractivity (Wildman–Crippen MR) is 57.3 cm³/mol. The highest BCUT2D eigenvalue weighted by molar-refractivity contribution is 6.36. The van der Waals surface area contributed by atoms with Crippen molar-refractivity contribution >= 4 is 9.53 Å². The zero-order chi connectivity index (χ0) is 11.5. The van der Waals surface area contributed by atoms with Gasteiger partial charge in [0.2, 0.25) is 0 Å². The second-order valence-electron chi connectivity index (χ2n) is 2.78. The summed E-state index contributed by atoms with van der Waals surface area (Å²) in [7, 11) is -1.73. The van der Waals surface area contributed by atoms with Crippen molar-refractivity contribution in [3.05, 3.63) is 0 Å². The molecule has 15 heavy (non-hydrogen) atoms. The molecule has 0 N–H and O–H groups in total. The Hall–Kier alpha value is 0.0169. The first-order valence-electron chi connectivity index (χ1n) is 5.32. The Labute approximate surface area is 93.3 Å². The molecular formula is C9H21O5Si. The topological polar surface area (TPSA) is 60.1 Å². The van der Waals surface area contributed by atoms with Crippen molar-refractivity contribution in [2.75, 3.05) is 33.0 Å². The summed E-state index contributed by atoms with van der Waals surface area (Å²) in [5, 5.41) is 9.57. The fourth-order valence-electron chi connectivity index (χ4n) is 0.717. The lowest BCUT2D eigenvalue weighted by Crippen LogP contribution is -2.27. The molecule has 0 aliphatic carbocycles. The smallest absolute Gasteiger partial charge is 0.376 e. The van der Waals surface area contributed by atoms with E-state index in [4.69, 9.17) is 13.3 Å². The van der Waals surface area contributed by atoms with Crippen molar-refractivity contribution in [3.8, 4) is 0 Å². The molecule has 1 unspecified atom stereocenters. The second-order valence-corrected chi connectivity index (χ2v) is 4.35. The Kier molecular flexibility index (Phi) is 10.5. The zero-order valence-electron chi connectivity index (χ0n) is 9.73. The number of hydrogen-bond acceptors (Lipinski definition) is 4. The number of ether oxygens (including phenoxy) is 1. The van der Waals surface area contributed by atoms with Gasteiger partial charge in [0.15, 0.2) is 0 Å². The largest absolute Gasteiger partial charge is 0.484 e. The molecule has 0 aromatic rings. The maximum Gasteiger partial charge on any atom is 0.484 e. The van der Waals surface area contributed by atoms with Gasteiger partial charge in [-0.2, -0.15) is 0 Å². The number of epoxide rings is 1. The summed E-state index contributed by atoms with van der Waals surface area (Å²) >= 11 is 0. The fourth-order valence-corrected chi connectivity index (χ4v) is 1.82. The summed E-state index contributed by atoms with van der Waals surface area (Å²) in [6.45, 7) is 8.50. The molecule has 6 heteroatoms. The Balaban J connectivity index is 0.000000322. The van der Waals surface area contributed by atoms with Crippen molar-refractivity contribution in [1.82, 2.24) is 0 Å². The van der Waals surface area contributed by atoms with Gasteiger partial charge in [0.25, 0.3) is 0 Å². The molecule has 1 aliphatic rings. The molecule has 0 saturated carbocycles. The minimum Gasteiger partial charge on any atom is -0.376 e. The summed E-state index contributed by atoms with van der Waals surface area (Å²) in [6, 6.07) is 0. The zero-order valence-corrected chi connectivity index (χ0v) is 10.9. The van der Waals surface area contributed by atoms with Crippen LogP contribution in [0.15, 0.2) is 0 Å². The average Bonchev–Trinajstić information content (AvgIpc) is 3.03. The van der Waals surface area contributed by atoms with E-state index in [-0.39, 0.29) is 12.7 Å². The van der Waals surface area contributed by atoms with Crippen LogP contribution in [0.4, 0.5) is 0 Å². The van der Waals surface area contributed by atoms with Gasteiger partial charge in [-0.3, -0.25) is 0 Å². The van der Waals surface area contributed by atoms with E-state index in [0.29, 0.717) is 26.4 Å². The first kappa shape index (κ1) is 15.0. The lowest BCUT2D eigenvalue weighted by atomic mass is 10.5. The average molecular weight is 237 g/mol. The van der Waals surface area contributed by atoms with Crippen LogP contribution in [0, 0.1) is 0 Å². The summed E-state index contributed by atoms with van der Waals surface area (Å²) in [5.74, 6) is 0. The van der Waals surface area contributed by atoms with Gasteiger partial charge in [-0.15, -0.1) is 0 Å². The quantitative estimate of drug-likeness (QED) is 0.481. The molecule has 1 rings (SSSR count). The van der Waals surface area contributed by atoms with Crippen LogP contribution in [0.1, 0.15) is 20.8 Å². The van der Waals surface area contributed by atoms with Crippen LogP contribution in [0.5, 0.6) is 0 Å². The second kappa shape index (κ2) is 10.5. The summed E-state index contributed by atoms with van der Waals surface area (Å²) < 4.78 is 20.2. The molecule has 5 nitrogen and oxygen atoms in total. The van der Waals surface area contributed by atoms with Gasteiger partial charge in [-0.25, -0.2) is 5.11 Å². The van der Waals surface area contributed by atoms with Crippen molar-refractivity contribution in [1.29, 1.82) is 0 Å². The van der Waals surface area contributed by atoms with Crippen LogP contribution >= 0.6 is 0 Å². The van der Waals surface area contributed by atoms with Gasteiger partial charge < -0.3 is 18.0 Å². The molecule has 1 radical (unpaired) electrons. The van der Waals surface area contributed by atoms with Gasteiger partial charge in [0, 0.05) is 19.8 Å². The summed E-state index contributed by atoms with van der Waals surface area (Å²) in [6.07, 6.45) is 0.0787. The molecule has 0 amide bonds. The van der Waals surface area contributed by atoms with Gasteiger partial charge in [-0.1, -0.05) is 0 Å².